The Bertz CT molecular complexity index is 1180. The number of para-hydroxylation sites is 1. The quantitative estimate of drug-likeness (QED) is 0.613. The molecular weight excluding hydrogens is 402 g/mol. The van der Waals surface area contributed by atoms with Gasteiger partial charge in [0.2, 0.25) is 12.3 Å². The fraction of sp³-hybridized carbons (Fsp3) is 0.192. The average molecular weight is 429 g/mol. The highest BCUT2D eigenvalue weighted by Crippen LogP contribution is 2.27. The molecular formula is C26H26N3O3+. The average Bonchev–Trinajstić information content (AvgIpc) is 3.09. The summed E-state index contributed by atoms with van der Waals surface area (Å²) in [5, 5.41) is 2.94. The van der Waals surface area contributed by atoms with Crippen molar-refractivity contribution in [2.24, 2.45) is 0 Å². The number of benzene rings is 3. The number of hydrogen-bond donors (Lipinski definition) is 2. The van der Waals surface area contributed by atoms with Gasteiger partial charge in [0, 0.05) is 11.1 Å². The second-order valence-corrected chi connectivity index (χ2v) is 7.93. The number of methoxy groups -OCH3 is 1. The third-order valence-electron chi connectivity index (χ3n) is 5.54. The fourth-order valence-electron chi connectivity index (χ4n) is 3.88. The van der Waals surface area contributed by atoms with E-state index in [2.05, 4.69) is 10.7 Å². The van der Waals surface area contributed by atoms with E-state index in [9.17, 15) is 9.59 Å². The minimum absolute atomic E-state index is 0.275. The molecule has 2 atom stereocenters. The van der Waals surface area contributed by atoms with Crippen molar-refractivity contribution < 1.29 is 19.0 Å². The number of ether oxygens (including phenoxy) is 1. The maximum atomic E-state index is 13.0. The predicted molar refractivity (Wildman–Crippen MR) is 123 cm³/mol. The van der Waals surface area contributed by atoms with Crippen molar-refractivity contribution in [3.63, 3.8) is 0 Å². The molecule has 1 heterocycles. The van der Waals surface area contributed by atoms with Crippen molar-refractivity contribution in [2.45, 2.75) is 25.9 Å². The number of rotatable bonds is 5. The molecule has 3 aromatic carbocycles. The van der Waals surface area contributed by atoms with Gasteiger partial charge in [-0.2, -0.15) is 0 Å². The molecule has 2 N–H and O–H groups in total. The summed E-state index contributed by atoms with van der Waals surface area (Å²) >= 11 is 0. The standard InChI is InChI=1S/C26H25N3O3/c1-17-11-13-19(14-12-17)24-23(27-25(30)20-9-6-7-18(2)15-20)26(31)28-29(24)16-21-8-4-5-10-22(21)32-3/h4-16,23-24H,1-3H3,(H-,27,28,30,31)/p+1/b29-16-/t23-,24+/m0/s1. The number of hydrogen-bond acceptors (Lipinski definition) is 3. The number of carbonyl (C=O) groups is 2. The van der Waals surface area contributed by atoms with E-state index in [-0.39, 0.29) is 11.8 Å². The lowest BCUT2D eigenvalue weighted by atomic mass is 9.98. The maximum Gasteiger partial charge on any atom is 0.304 e. The summed E-state index contributed by atoms with van der Waals surface area (Å²) in [6, 6.07) is 21.6. The van der Waals surface area contributed by atoms with Gasteiger partial charge in [-0.1, -0.05) is 59.7 Å². The first-order valence-electron chi connectivity index (χ1n) is 10.5. The van der Waals surface area contributed by atoms with Crippen LogP contribution in [0.3, 0.4) is 0 Å². The van der Waals surface area contributed by atoms with Crippen LogP contribution in [0.25, 0.3) is 0 Å². The van der Waals surface area contributed by atoms with Gasteiger partial charge in [-0.3, -0.25) is 9.59 Å². The van der Waals surface area contributed by atoms with Crippen molar-refractivity contribution in [2.75, 3.05) is 7.11 Å². The van der Waals surface area contributed by atoms with E-state index in [1.54, 1.807) is 17.9 Å². The van der Waals surface area contributed by atoms with Crippen molar-refractivity contribution in [3.05, 3.63) is 101 Å². The van der Waals surface area contributed by atoms with Gasteiger partial charge >= 0.3 is 5.91 Å². The molecule has 6 nitrogen and oxygen atoms in total. The molecule has 0 spiro atoms. The third-order valence-corrected chi connectivity index (χ3v) is 5.54. The van der Waals surface area contributed by atoms with E-state index in [1.165, 1.54) is 0 Å². The molecule has 3 aromatic rings. The number of amides is 2. The lowest BCUT2D eigenvalue weighted by Crippen LogP contribution is -2.42. The van der Waals surface area contributed by atoms with E-state index < -0.39 is 12.1 Å². The molecule has 0 radical (unpaired) electrons. The van der Waals surface area contributed by atoms with Gasteiger partial charge in [-0.05, 0) is 38.1 Å². The van der Waals surface area contributed by atoms with Gasteiger partial charge in [-0.25, -0.2) is 0 Å². The monoisotopic (exact) mass is 428 g/mol. The predicted octanol–water partition coefficient (Wildman–Crippen LogP) is 3.33. The summed E-state index contributed by atoms with van der Waals surface area (Å²) in [4.78, 5) is 26.0. The topological polar surface area (TPSA) is 70.4 Å². The molecule has 0 aliphatic carbocycles. The van der Waals surface area contributed by atoms with Gasteiger partial charge < -0.3 is 10.1 Å². The smallest absolute Gasteiger partial charge is 0.304 e. The van der Waals surface area contributed by atoms with Crippen LogP contribution in [0.5, 0.6) is 5.75 Å². The molecule has 1 aliphatic heterocycles. The number of carbonyl (C=O) groups excluding carboxylic acids is 2. The number of hydrazine groups is 1. The number of hydrazone groups is 1. The fourth-order valence-corrected chi connectivity index (χ4v) is 3.88. The van der Waals surface area contributed by atoms with E-state index >= 15 is 0 Å². The number of nitrogens with one attached hydrogen (secondary N) is 2. The third kappa shape index (κ3) is 4.39. The van der Waals surface area contributed by atoms with Crippen LogP contribution in [0, 0.1) is 13.8 Å². The van der Waals surface area contributed by atoms with E-state index in [4.69, 9.17) is 4.74 Å². The molecule has 0 saturated carbocycles. The van der Waals surface area contributed by atoms with Gasteiger partial charge in [-0.15, -0.1) is 10.1 Å². The van der Waals surface area contributed by atoms with Crippen LogP contribution in [0.2, 0.25) is 0 Å². The SMILES string of the molecule is COc1ccccc1/C=[N+]1\NC(=O)[C@@H](NC(=O)c2cccc(C)c2)[C@H]1c1ccc(C)cc1. The summed E-state index contributed by atoms with van der Waals surface area (Å²) in [6.07, 6.45) is 1.83. The Kier molecular flexibility index (Phi) is 6.03. The molecule has 2 amide bonds. The summed E-state index contributed by atoms with van der Waals surface area (Å²) in [5.41, 5.74) is 7.25. The Balaban J connectivity index is 1.73. The van der Waals surface area contributed by atoms with Gasteiger partial charge in [0.15, 0.2) is 6.04 Å². The summed E-state index contributed by atoms with van der Waals surface area (Å²) < 4.78 is 7.20. The molecule has 0 unspecified atom stereocenters. The summed E-state index contributed by atoms with van der Waals surface area (Å²) in [5.74, 6) is 0.129. The zero-order valence-electron chi connectivity index (χ0n) is 18.3. The largest absolute Gasteiger partial charge is 0.496 e. The molecule has 32 heavy (non-hydrogen) atoms. The van der Waals surface area contributed by atoms with E-state index in [0.717, 1.165) is 22.3 Å². The normalized spacial score (nSPS) is 19.0. The van der Waals surface area contributed by atoms with Gasteiger partial charge in [0.25, 0.3) is 5.91 Å². The van der Waals surface area contributed by atoms with Crippen LogP contribution in [0.1, 0.15) is 38.7 Å². The van der Waals surface area contributed by atoms with Crippen molar-refractivity contribution in [3.8, 4) is 5.75 Å². The molecule has 1 fully saturated rings. The molecule has 0 bridgehead atoms. The first kappa shape index (κ1) is 21.3. The minimum Gasteiger partial charge on any atom is -0.496 e. The van der Waals surface area contributed by atoms with Crippen molar-refractivity contribution in [1.29, 1.82) is 0 Å². The molecule has 1 aliphatic rings. The Morgan fingerprint density at radius 2 is 1.75 bits per heavy atom. The van der Waals surface area contributed by atoms with E-state index in [1.807, 2.05) is 86.8 Å². The van der Waals surface area contributed by atoms with Crippen LogP contribution in [0.4, 0.5) is 0 Å². The van der Waals surface area contributed by atoms with Crippen LogP contribution in [0.15, 0.2) is 72.8 Å². The summed E-state index contributed by atoms with van der Waals surface area (Å²) in [7, 11) is 1.61. The Morgan fingerprint density at radius 1 is 1.00 bits per heavy atom. The molecule has 0 aromatic heterocycles. The van der Waals surface area contributed by atoms with E-state index in [0.29, 0.717) is 11.3 Å². The zero-order valence-corrected chi connectivity index (χ0v) is 18.3. The first-order chi connectivity index (χ1) is 15.5. The highest BCUT2D eigenvalue weighted by molar-refractivity contribution is 5.98. The van der Waals surface area contributed by atoms with Crippen LogP contribution < -0.4 is 15.5 Å². The lowest BCUT2D eigenvalue weighted by Gasteiger charge is -2.15. The summed E-state index contributed by atoms with van der Waals surface area (Å²) in [6.45, 7) is 3.94. The second-order valence-electron chi connectivity index (χ2n) is 7.93. The van der Waals surface area contributed by atoms with Gasteiger partial charge in [0.05, 0.1) is 12.7 Å². The zero-order chi connectivity index (χ0) is 22.7. The Hall–Kier alpha value is -3.93. The van der Waals surface area contributed by atoms with Crippen molar-refractivity contribution in [1.82, 2.24) is 10.7 Å². The second kappa shape index (κ2) is 9.06. The lowest BCUT2D eigenvalue weighted by molar-refractivity contribution is -0.596. The molecule has 162 valence electrons. The molecule has 6 heteroatoms. The van der Waals surface area contributed by atoms with Crippen LogP contribution in [-0.2, 0) is 4.79 Å². The molecule has 4 rings (SSSR count). The Morgan fingerprint density at radius 3 is 2.47 bits per heavy atom. The maximum absolute atomic E-state index is 13.0. The Labute approximate surface area is 187 Å². The minimum atomic E-state index is -0.767. The van der Waals surface area contributed by atoms with Crippen LogP contribution in [-0.4, -0.2) is 35.9 Å². The number of nitrogens with zero attached hydrogens (tertiary/aromatic N) is 1. The highest BCUT2D eigenvalue weighted by atomic mass is 16.5. The van der Waals surface area contributed by atoms with Gasteiger partial charge in [0.1, 0.15) is 5.75 Å². The number of aryl methyl sites for hydroxylation is 2. The van der Waals surface area contributed by atoms with Crippen LogP contribution >= 0.6 is 0 Å². The highest BCUT2D eigenvalue weighted by Gasteiger charge is 2.47. The first-order valence-corrected chi connectivity index (χ1v) is 10.5. The molecule has 1 saturated heterocycles. The van der Waals surface area contributed by atoms with Crippen molar-refractivity contribution >= 4 is 18.0 Å².